The number of hydrogen-bond acceptors (Lipinski definition) is 6. The molecule has 0 saturated heterocycles. The summed E-state index contributed by atoms with van der Waals surface area (Å²) in [5, 5.41) is 11.0. The number of ether oxygens (including phenoxy) is 1. The summed E-state index contributed by atoms with van der Waals surface area (Å²) in [4.78, 5) is 13.8. The number of pyridine rings is 2. The van der Waals surface area contributed by atoms with Gasteiger partial charge in [-0.1, -0.05) is 59.6 Å². The topological polar surface area (TPSA) is 61.7 Å². The number of methoxy groups -OCH3 is 1. The van der Waals surface area contributed by atoms with Crippen molar-refractivity contribution in [1.82, 2.24) is 14.9 Å². The van der Waals surface area contributed by atoms with Crippen molar-refractivity contribution >= 4 is 28.9 Å². The predicted molar refractivity (Wildman–Crippen MR) is 160 cm³/mol. The summed E-state index contributed by atoms with van der Waals surface area (Å²) >= 11 is 14.0. The molecule has 1 atom stereocenters. The number of nitrogens with zero attached hydrogens (tertiary/aromatic N) is 4. The van der Waals surface area contributed by atoms with Crippen LogP contribution >= 0.6 is 23.2 Å². The molecule has 1 aliphatic heterocycles. The van der Waals surface area contributed by atoms with Crippen LogP contribution in [-0.2, 0) is 6.54 Å². The number of fused-ring (bicyclic) bond motifs is 1. The van der Waals surface area contributed by atoms with Gasteiger partial charge in [0.15, 0.2) is 0 Å². The van der Waals surface area contributed by atoms with E-state index in [0.29, 0.717) is 28.2 Å². The van der Waals surface area contributed by atoms with E-state index in [4.69, 9.17) is 27.9 Å². The summed E-state index contributed by atoms with van der Waals surface area (Å²) in [6, 6.07) is 18.0. The molecule has 1 N–H and O–H groups in total. The van der Waals surface area contributed by atoms with Gasteiger partial charge in [0.05, 0.1) is 34.6 Å². The molecule has 1 aliphatic rings. The quantitative estimate of drug-likeness (QED) is 0.281. The van der Waals surface area contributed by atoms with Crippen molar-refractivity contribution in [3.63, 3.8) is 0 Å². The van der Waals surface area contributed by atoms with Gasteiger partial charge in [0, 0.05) is 72.9 Å². The molecule has 3 heterocycles. The number of hydrogen-bond donors (Lipinski definition) is 1. The van der Waals surface area contributed by atoms with Crippen LogP contribution < -0.4 is 9.64 Å². The van der Waals surface area contributed by atoms with Crippen molar-refractivity contribution in [2.75, 3.05) is 38.7 Å². The second-order valence-corrected chi connectivity index (χ2v) is 10.8. The molecule has 0 spiro atoms. The Morgan fingerprint density at radius 1 is 1.00 bits per heavy atom. The molecule has 0 unspecified atom stereocenters. The highest BCUT2D eigenvalue weighted by Gasteiger charge is 2.21. The molecule has 0 aliphatic carbocycles. The van der Waals surface area contributed by atoms with Gasteiger partial charge in [-0.05, 0) is 37.6 Å². The molecule has 0 amide bonds. The van der Waals surface area contributed by atoms with E-state index in [-0.39, 0.29) is 6.10 Å². The van der Waals surface area contributed by atoms with Crippen LogP contribution in [0.5, 0.6) is 5.88 Å². The summed E-state index contributed by atoms with van der Waals surface area (Å²) < 4.78 is 5.42. The molecule has 2 aromatic heterocycles. The van der Waals surface area contributed by atoms with Crippen LogP contribution in [0.25, 0.3) is 33.6 Å². The standard InChI is InChI=1S/C31H32Cl2N4O2/c1-19-8-11-26(35-31(19)39-4)25-7-5-6-23(28(25)32)24-12-13-34-30(29(24)33)21-9-10-22-18-37(17-20(2)38)15-14-36(3)27(22)16-21/h5-13,16,20,38H,14-15,17-18H2,1-4H3/t20-/m0/s1. The molecular weight excluding hydrogens is 531 g/mol. The number of benzene rings is 2. The van der Waals surface area contributed by atoms with Gasteiger partial charge in [-0.15, -0.1) is 0 Å². The van der Waals surface area contributed by atoms with Gasteiger partial charge in [0.25, 0.3) is 0 Å². The lowest BCUT2D eigenvalue weighted by Gasteiger charge is -2.21. The van der Waals surface area contributed by atoms with Gasteiger partial charge in [0.1, 0.15) is 0 Å². The van der Waals surface area contributed by atoms with Gasteiger partial charge in [-0.25, -0.2) is 4.98 Å². The Hall–Kier alpha value is -3.16. The fraction of sp³-hybridized carbons (Fsp3) is 0.290. The number of halogens is 2. The zero-order valence-corrected chi connectivity index (χ0v) is 24.1. The smallest absolute Gasteiger partial charge is 0.216 e. The monoisotopic (exact) mass is 562 g/mol. The number of aliphatic hydroxyl groups excluding tert-OH is 1. The normalized spacial score (nSPS) is 14.6. The summed E-state index contributed by atoms with van der Waals surface area (Å²) in [5.41, 5.74) is 8.09. The average molecular weight is 564 g/mol. The summed E-state index contributed by atoms with van der Waals surface area (Å²) in [5.74, 6) is 0.570. The Bertz CT molecular complexity index is 1510. The van der Waals surface area contributed by atoms with Gasteiger partial charge in [-0.3, -0.25) is 9.88 Å². The first-order valence-corrected chi connectivity index (χ1v) is 13.7. The first kappa shape index (κ1) is 27.4. The Morgan fingerprint density at radius 3 is 2.54 bits per heavy atom. The minimum absolute atomic E-state index is 0.365. The average Bonchev–Trinajstić information content (AvgIpc) is 3.07. The molecule has 0 saturated carbocycles. The van der Waals surface area contributed by atoms with E-state index in [1.54, 1.807) is 13.3 Å². The van der Waals surface area contributed by atoms with E-state index in [9.17, 15) is 5.11 Å². The molecule has 0 fully saturated rings. The van der Waals surface area contributed by atoms with Crippen LogP contribution in [-0.4, -0.2) is 59.9 Å². The zero-order chi connectivity index (χ0) is 27.7. The van der Waals surface area contributed by atoms with Crippen LogP contribution in [0, 0.1) is 6.92 Å². The van der Waals surface area contributed by atoms with Crippen LogP contribution in [0.4, 0.5) is 5.69 Å². The molecule has 8 heteroatoms. The number of likely N-dealkylation sites (N-methyl/N-ethyl adjacent to an activating group) is 1. The highest BCUT2D eigenvalue weighted by Crippen LogP contribution is 2.42. The van der Waals surface area contributed by atoms with Crippen molar-refractivity contribution in [3.05, 3.63) is 82.0 Å². The second kappa shape index (κ2) is 11.5. The minimum Gasteiger partial charge on any atom is -0.481 e. The van der Waals surface area contributed by atoms with Crippen molar-refractivity contribution in [1.29, 1.82) is 0 Å². The molecule has 0 bridgehead atoms. The molecule has 0 radical (unpaired) electrons. The first-order chi connectivity index (χ1) is 18.8. The van der Waals surface area contributed by atoms with Crippen molar-refractivity contribution in [3.8, 4) is 39.5 Å². The van der Waals surface area contributed by atoms with Crippen molar-refractivity contribution < 1.29 is 9.84 Å². The van der Waals surface area contributed by atoms with E-state index in [1.165, 1.54) is 5.56 Å². The number of aryl methyl sites for hydroxylation is 1. The SMILES string of the molecule is COc1nc(-c2cccc(-c3ccnc(-c4ccc5c(c4)N(C)CCN(C[C@H](C)O)C5)c3Cl)c2Cl)ccc1C. The van der Waals surface area contributed by atoms with E-state index in [2.05, 4.69) is 45.0 Å². The highest BCUT2D eigenvalue weighted by molar-refractivity contribution is 6.39. The summed E-state index contributed by atoms with van der Waals surface area (Å²) in [6.45, 7) is 6.97. The van der Waals surface area contributed by atoms with E-state index >= 15 is 0 Å². The third-order valence-corrected chi connectivity index (χ3v) is 7.93. The van der Waals surface area contributed by atoms with Crippen LogP contribution in [0.2, 0.25) is 10.0 Å². The van der Waals surface area contributed by atoms with Crippen LogP contribution in [0.1, 0.15) is 18.1 Å². The molecule has 202 valence electrons. The Labute approximate surface area is 239 Å². The number of rotatable bonds is 6. The zero-order valence-electron chi connectivity index (χ0n) is 22.6. The minimum atomic E-state index is -0.365. The molecule has 6 nitrogen and oxygen atoms in total. The highest BCUT2D eigenvalue weighted by atomic mass is 35.5. The van der Waals surface area contributed by atoms with Crippen molar-refractivity contribution in [2.24, 2.45) is 0 Å². The molecular formula is C31H32Cl2N4O2. The Morgan fingerprint density at radius 2 is 1.77 bits per heavy atom. The fourth-order valence-corrected chi connectivity index (χ4v) is 5.77. The Kier molecular flexibility index (Phi) is 8.10. The molecule has 4 aromatic rings. The number of anilines is 1. The Balaban J connectivity index is 1.53. The largest absolute Gasteiger partial charge is 0.481 e. The maximum absolute atomic E-state index is 9.89. The second-order valence-electron chi connectivity index (χ2n) is 10.1. The maximum Gasteiger partial charge on any atom is 0.216 e. The van der Waals surface area contributed by atoms with Gasteiger partial charge in [0.2, 0.25) is 5.88 Å². The molecule has 39 heavy (non-hydrogen) atoms. The van der Waals surface area contributed by atoms with E-state index in [0.717, 1.165) is 58.8 Å². The van der Waals surface area contributed by atoms with Crippen LogP contribution in [0.15, 0.2) is 60.8 Å². The van der Waals surface area contributed by atoms with Crippen molar-refractivity contribution in [2.45, 2.75) is 26.5 Å². The summed E-state index contributed by atoms with van der Waals surface area (Å²) in [6.07, 6.45) is 1.41. The third-order valence-electron chi connectivity index (χ3n) is 7.14. The fourth-order valence-electron chi connectivity index (χ4n) is 5.12. The third kappa shape index (κ3) is 5.61. The van der Waals surface area contributed by atoms with Gasteiger partial charge < -0.3 is 14.7 Å². The van der Waals surface area contributed by atoms with Gasteiger partial charge in [-0.2, -0.15) is 0 Å². The van der Waals surface area contributed by atoms with Crippen LogP contribution in [0.3, 0.4) is 0 Å². The predicted octanol–water partition coefficient (Wildman–Crippen LogP) is 6.73. The number of aromatic nitrogens is 2. The number of aliphatic hydroxyl groups is 1. The van der Waals surface area contributed by atoms with Gasteiger partial charge >= 0.3 is 0 Å². The molecule has 5 rings (SSSR count). The lowest BCUT2D eigenvalue weighted by molar-refractivity contribution is 0.125. The first-order valence-electron chi connectivity index (χ1n) is 13.0. The molecule has 2 aromatic carbocycles. The number of β-amino-alcohol motifs (C(OH)–C–C–N with tert-alkyl or cyclic N) is 1. The lowest BCUT2D eigenvalue weighted by Crippen LogP contribution is -2.34. The lowest BCUT2D eigenvalue weighted by atomic mass is 9.99. The maximum atomic E-state index is 9.89. The van der Waals surface area contributed by atoms with E-state index in [1.807, 2.05) is 50.2 Å². The summed E-state index contributed by atoms with van der Waals surface area (Å²) in [7, 11) is 3.71. The van der Waals surface area contributed by atoms with E-state index < -0.39 is 0 Å².